The molecule has 0 amide bonds. The van der Waals surface area contributed by atoms with Crippen molar-refractivity contribution in [2.24, 2.45) is 22.2 Å². The Kier molecular flexibility index (Phi) is 4.28. The monoisotopic (exact) mass is 339 g/mol. The Balaban J connectivity index is 2.32. The van der Waals surface area contributed by atoms with Crippen molar-refractivity contribution in [1.82, 2.24) is 0 Å². The molecule has 4 nitrogen and oxygen atoms in total. The van der Waals surface area contributed by atoms with Gasteiger partial charge in [-0.05, 0) is 36.0 Å². The van der Waals surface area contributed by atoms with Gasteiger partial charge in [-0.2, -0.15) is 0 Å². The van der Waals surface area contributed by atoms with Gasteiger partial charge in [-0.1, -0.05) is 41.9 Å². The van der Waals surface area contributed by atoms with Crippen LogP contribution in [0.4, 0.5) is 5.69 Å². The second kappa shape index (κ2) is 5.64. The minimum Gasteiger partial charge on any atom is -0.409 e. The van der Waals surface area contributed by atoms with E-state index in [-0.39, 0.29) is 5.84 Å². The van der Waals surface area contributed by atoms with E-state index in [1.165, 1.54) is 6.42 Å². The Hall–Kier alpha value is -1.23. The summed E-state index contributed by atoms with van der Waals surface area (Å²) >= 11 is 3.50. The largest absolute Gasteiger partial charge is 0.409 e. The van der Waals surface area contributed by atoms with Gasteiger partial charge in [0.05, 0.1) is 0 Å². The predicted octanol–water partition coefficient (Wildman–Crippen LogP) is 3.42. The zero-order chi connectivity index (χ0) is 14.9. The average molecular weight is 340 g/mol. The summed E-state index contributed by atoms with van der Waals surface area (Å²) in [5, 5.41) is 12.1. The van der Waals surface area contributed by atoms with Crippen LogP contribution >= 0.6 is 15.9 Å². The number of rotatable bonds is 2. The highest BCUT2D eigenvalue weighted by Crippen LogP contribution is 2.37. The van der Waals surface area contributed by atoms with Crippen LogP contribution < -0.4 is 10.6 Å². The van der Waals surface area contributed by atoms with Crippen LogP contribution in [0.15, 0.2) is 27.8 Å². The van der Waals surface area contributed by atoms with Gasteiger partial charge in [0, 0.05) is 28.8 Å². The second-order valence-corrected chi connectivity index (χ2v) is 7.36. The summed E-state index contributed by atoms with van der Waals surface area (Å²) in [6.07, 6.45) is 1.17. The van der Waals surface area contributed by atoms with E-state index in [9.17, 15) is 0 Å². The second-order valence-electron chi connectivity index (χ2n) is 6.44. The molecule has 0 aliphatic carbocycles. The van der Waals surface area contributed by atoms with E-state index >= 15 is 0 Å². The van der Waals surface area contributed by atoms with Gasteiger partial charge >= 0.3 is 0 Å². The maximum absolute atomic E-state index is 8.94. The van der Waals surface area contributed by atoms with E-state index in [0.717, 1.165) is 28.8 Å². The highest BCUT2D eigenvalue weighted by molar-refractivity contribution is 9.10. The molecule has 20 heavy (non-hydrogen) atoms. The van der Waals surface area contributed by atoms with Crippen LogP contribution in [0.5, 0.6) is 0 Å². The maximum atomic E-state index is 8.94. The fourth-order valence-corrected chi connectivity index (χ4v) is 3.07. The SMILES string of the molecule is CC(C)(C)C1CCN(c2cc(Br)ccc2/C(N)=N/O)C1. The van der Waals surface area contributed by atoms with Gasteiger partial charge in [0.2, 0.25) is 0 Å². The number of nitrogens with zero attached hydrogens (tertiary/aromatic N) is 2. The topological polar surface area (TPSA) is 61.8 Å². The first-order chi connectivity index (χ1) is 9.32. The summed E-state index contributed by atoms with van der Waals surface area (Å²) in [4.78, 5) is 2.33. The van der Waals surface area contributed by atoms with Gasteiger partial charge < -0.3 is 15.8 Å². The van der Waals surface area contributed by atoms with Gasteiger partial charge in [0.1, 0.15) is 0 Å². The summed E-state index contributed by atoms with van der Waals surface area (Å²) in [6, 6.07) is 5.84. The quantitative estimate of drug-likeness (QED) is 0.375. The molecule has 0 spiro atoms. The van der Waals surface area contributed by atoms with Crippen LogP contribution in [0.1, 0.15) is 32.8 Å². The fourth-order valence-electron chi connectivity index (χ4n) is 2.72. The number of hydrogen-bond donors (Lipinski definition) is 2. The molecule has 1 aromatic carbocycles. The van der Waals surface area contributed by atoms with Crippen molar-refractivity contribution in [3.8, 4) is 0 Å². The van der Waals surface area contributed by atoms with Crippen molar-refractivity contribution < 1.29 is 5.21 Å². The first kappa shape index (κ1) is 15.2. The summed E-state index contributed by atoms with van der Waals surface area (Å²) in [6.45, 7) is 8.86. The number of nitrogens with two attached hydrogens (primary N) is 1. The van der Waals surface area contributed by atoms with E-state index in [0.29, 0.717) is 11.3 Å². The Morgan fingerprint density at radius 3 is 2.70 bits per heavy atom. The third-order valence-corrected chi connectivity index (χ3v) is 4.59. The van der Waals surface area contributed by atoms with Crippen molar-refractivity contribution in [2.45, 2.75) is 27.2 Å². The maximum Gasteiger partial charge on any atom is 0.172 e. The third-order valence-electron chi connectivity index (χ3n) is 4.10. The van der Waals surface area contributed by atoms with Crippen molar-refractivity contribution >= 4 is 27.5 Å². The Morgan fingerprint density at radius 2 is 2.15 bits per heavy atom. The Labute approximate surface area is 128 Å². The zero-order valence-corrected chi connectivity index (χ0v) is 13.8. The summed E-state index contributed by atoms with van der Waals surface area (Å²) in [7, 11) is 0. The molecule has 1 aliphatic heterocycles. The van der Waals surface area contributed by atoms with E-state index in [2.05, 4.69) is 46.8 Å². The van der Waals surface area contributed by atoms with Gasteiger partial charge in [0.15, 0.2) is 5.84 Å². The van der Waals surface area contributed by atoms with E-state index < -0.39 is 0 Å². The highest BCUT2D eigenvalue weighted by Gasteiger charge is 2.32. The lowest BCUT2D eigenvalue weighted by Gasteiger charge is -2.28. The smallest absolute Gasteiger partial charge is 0.172 e. The molecule has 0 radical (unpaired) electrons. The Morgan fingerprint density at radius 1 is 1.45 bits per heavy atom. The predicted molar refractivity (Wildman–Crippen MR) is 86.4 cm³/mol. The minimum atomic E-state index is 0.159. The molecule has 2 rings (SSSR count). The van der Waals surface area contributed by atoms with Gasteiger partial charge in [-0.3, -0.25) is 0 Å². The van der Waals surface area contributed by atoms with Crippen molar-refractivity contribution in [2.75, 3.05) is 18.0 Å². The van der Waals surface area contributed by atoms with Crippen LogP contribution in [0, 0.1) is 11.3 Å². The van der Waals surface area contributed by atoms with Gasteiger partial charge in [-0.25, -0.2) is 0 Å². The third kappa shape index (κ3) is 3.08. The molecule has 1 heterocycles. The Bertz CT molecular complexity index is 522. The molecule has 1 fully saturated rings. The van der Waals surface area contributed by atoms with Gasteiger partial charge in [-0.15, -0.1) is 0 Å². The molecule has 1 unspecified atom stereocenters. The molecular formula is C15H22BrN3O. The number of benzene rings is 1. The summed E-state index contributed by atoms with van der Waals surface area (Å²) in [5.41, 5.74) is 7.91. The molecule has 0 saturated carbocycles. The van der Waals surface area contributed by atoms with Crippen LogP contribution in [-0.4, -0.2) is 24.1 Å². The molecule has 1 atom stereocenters. The van der Waals surface area contributed by atoms with E-state index in [1.54, 1.807) is 0 Å². The molecule has 5 heteroatoms. The molecule has 1 aliphatic rings. The number of halogens is 1. The average Bonchev–Trinajstić information content (AvgIpc) is 2.87. The van der Waals surface area contributed by atoms with Crippen LogP contribution in [0.2, 0.25) is 0 Å². The minimum absolute atomic E-state index is 0.159. The fraction of sp³-hybridized carbons (Fsp3) is 0.533. The number of anilines is 1. The lowest BCUT2D eigenvalue weighted by Crippen LogP contribution is -2.28. The molecule has 1 aromatic rings. The normalized spacial score (nSPS) is 20.5. The summed E-state index contributed by atoms with van der Waals surface area (Å²) in [5.74, 6) is 0.813. The highest BCUT2D eigenvalue weighted by atomic mass is 79.9. The summed E-state index contributed by atoms with van der Waals surface area (Å²) < 4.78 is 1.00. The van der Waals surface area contributed by atoms with Crippen molar-refractivity contribution in [3.63, 3.8) is 0 Å². The first-order valence-electron chi connectivity index (χ1n) is 6.85. The molecule has 0 aromatic heterocycles. The van der Waals surface area contributed by atoms with Crippen molar-refractivity contribution in [1.29, 1.82) is 0 Å². The van der Waals surface area contributed by atoms with Crippen molar-refractivity contribution in [3.05, 3.63) is 28.2 Å². The standard InChI is InChI=1S/C15H22BrN3O/c1-15(2,3)10-6-7-19(9-10)13-8-11(16)4-5-12(13)14(17)18-20/h4-5,8,10,20H,6-7,9H2,1-3H3,(H2,17,18). The molecule has 0 bridgehead atoms. The van der Waals surface area contributed by atoms with Gasteiger partial charge in [0.25, 0.3) is 0 Å². The number of oxime groups is 1. The van der Waals surface area contributed by atoms with Crippen LogP contribution in [0.3, 0.4) is 0 Å². The van der Waals surface area contributed by atoms with Crippen LogP contribution in [-0.2, 0) is 0 Å². The number of amidine groups is 1. The lowest BCUT2D eigenvalue weighted by molar-refractivity contribution is 0.263. The number of hydrogen-bond acceptors (Lipinski definition) is 3. The van der Waals surface area contributed by atoms with Crippen LogP contribution in [0.25, 0.3) is 0 Å². The zero-order valence-electron chi connectivity index (χ0n) is 12.2. The molecular weight excluding hydrogens is 318 g/mol. The van der Waals surface area contributed by atoms with E-state index in [4.69, 9.17) is 10.9 Å². The lowest BCUT2D eigenvalue weighted by atomic mass is 9.80. The van der Waals surface area contributed by atoms with E-state index in [1.807, 2.05) is 18.2 Å². The first-order valence-corrected chi connectivity index (χ1v) is 7.64. The molecule has 1 saturated heterocycles. The molecule has 3 N–H and O–H groups in total. The molecule has 110 valence electrons.